The molecule has 2 saturated carbocycles. The summed E-state index contributed by atoms with van der Waals surface area (Å²) < 4.78 is 24.6. The molecule has 0 spiro atoms. The maximum Gasteiger partial charge on any atom is 0.510 e. The highest BCUT2D eigenvalue weighted by molar-refractivity contribution is 7.98. The summed E-state index contributed by atoms with van der Waals surface area (Å²) in [5.74, 6) is 1.78. The smallest absolute Gasteiger partial charge is 0.438 e. The minimum atomic E-state index is -0.884. The van der Waals surface area contributed by atoms with E-state index in [0.29, 0.717) is 24.3 Å². The third kappa shape index (κ3) is 6.85. The van der Waals surface area contributed by atoms with Crippen LogP contribution in [0.1, 0.15) is 82.2 Å². The summed E-state index contributed by atoms with van der Waals surface area (Å²) in [5, 5.41) is 0. The zero-order chi connectivity index (χ0) is 27.1. The first kappa shape index (κ1) is 29.2. The summed E-state index contributed by atoms with van der Waals surface area (Å²) in [4.78, 5) is 22.1. The molecule has 3 unspecified atom stereocenters. The highest BCUT2D eigenvalue weighted by atomic mass is 32.2. The normalized spacial score (nSPS) is 29.0. The van der Waals surface area contributed by atoms with E-state index in [2.05, 4.69) is 30.2 Å². The molecule has 4 rings (SSSR count). The number of carbonyl (C=O) groups excluding carboxylic acids is 1. The molecule has 0 N–H and O–H groups in total. The quantitative estimate of drug-likeness (QED) is 0.297. The van der Waals surface area contributed by atoms with E-state index in [1.54, 1.807) is 23.9 Å². The van der Waals surface area contributed by atoms with Crippen LogP contribution < -0.4 is 0 Å². The van der Waals surface area contributed by atoms with E-state index in [4.69, 9.17) is 14.5 Å². The molecule has 1 aromatic rings. The van der Waals surface area contributed by atoms with Crippen molar-refractivity contribution in [2.45, 2.75) is 94.5 Å². The first-order chi connectivity index (χ1) is 18.4. The van der Waals surface area contributed by atoms with Crippen LogP contribution in [-0.2, 0) is 9.47 Å². The number of aliphatic imine (C=N–C) groups is 1. The van der Waals surface area contributed by atoms with Gasteiger partial charge in [-0.05, 0) is 87.7 Å². The van der Waals surface area contributed by atoms with Crippen LogP contribution in [0.2, 0.25) is 0 Å². The predicted molar refractivity (Wildman–Crippen MR) is 153 cm³/mol. The second kappa shape index (κ2) is 13.5. The molecule has 1 aliphatic heterocycles. The van der Waals surface area contributed by atoms with Crippen LogP contribution >= 0.6 is 11.8 Å². The predicted octanol–water partition coefficient (Wildman–Crippen LogP) is 6.90. The average molecular weight is 548 g/mol. The minimum Gasteiger partial charge on any atom is -0.438 e. The van der Waals surface area contributed by atoms with Crippen molar-refractivity contribution in [3.8, 4) is 0 Å². The molecule has 0 saturated heterocycles. The molecule has 3 aliphatic rings. The number of thioether (sulfide) groups is 1. The Morgan fingerprint density at radius 2 is 1.82 bits per heavy atom. The lowest BCUT2D eigenvalue weighted by Crippen LogP contribution is -2.53. The largest absolute Gasteiger partial charge is 0.510 e. The number of nitrogens with zero attached hydrogens (tertiary/aromatic N) is 3. The van der Waals surface area contributed by atoms with Gasteiger partial charge in [0.25, 0.3) is 0 Å². The number of ether oxygens (including phenoxy) is 2. The fraction of sp³-hybridized carbons (Fsp3) is 0.733. The fourth-order valence-electron chi connectivity index (χ4n) is 7.12. The van der Waals surface area contributed by atoms with Gasteiger partial charge in [0.1, 0.15) is 5.82 Å². The molecular weight excluding hydrogens is 501 g/mol. The van der Waals surface area contributed by atoms with E-state index in [0.717, 1.165) is 37.9 Å². The molecule has 0 radical (unpaired) electrons. The van der Waals surface area contributed by atoms with Gasteiger partial charge in [-0.3, -0.25) is 0 Å². The Morgan fingerprint density at radius 3 is 2.42 bits per heavy atom. The minimum absolute atomic E-state index is 0.0418. The third-order valence-electron chi connectivity index (χ3n) is 9.04. The van der Waals surface area contributed by atoms with E-state index >= 15 is 0 Å². The number of methoxy groups -OCH3 is 1. The highest BCUT2D eigenvalue weighted by Crippen LogP contribution is 2.45. The Morgan fingerprint density at radius 1 is 1.13 bits per heavy atom. The van der Waals surface area contributed by atoms with Crippen LogP contribution in [0.3, 0.4) is 0 Å². The highest BCUT2D eigenvalue weighted by Gasteiger charge is 2.51. The van der Waals surface area contributed by atoms with Crippen molar-refractivity contribution in [1.82, 2.24) is 9.80 Å². The summed E-state index contributed by atoms with van der Waals surface area (Å²) in [6.45, 7) is 0. The second-order valence-electron chi connectivity index (χ2n) is 11.6. The molecule has 212 valence electrons. The summed E-state index contributed by atoms with van der Waals surface area (Å²) >= 11 is 1.76. The number of rotatable bonds is 10. The zero-order valence-corrected chi connectivity index (χ0v) is 24.4. The van der Waals surface area contributed by atoms with E-state index in [1.165, 1.54) is 44.8 Å². The van der Waals surface area contributed by atoms with Gasteiger partial charge in [0, 0.05) is 18.5 Å². The summed E-state index contributed by atoms with van der Waals surface area (Å²) in [6, 6.07) is 7.82. The van der Waals surface area contributed by atoms with Gasteiger partial charge in [0.05, 0.1) is 19.5 Å². The van der Waals surface area contributed by atoms with E-state index in [9.17, 15) is 9.18 Å². The molecule has 2 aliphatic carbocycles. The van der Waals surface area contributed by atoms with Gasteiger partial charge < -0.3 is 19.3 Å². The standard InChI is InChI=1S/C30H46FN3O3S/c1-33(2)28(24-14-16-25(31)17-15-24)23-12-10-22(11-13-23)20-27-30(18-19-38-4,37-29(35)36-3)32-21-34(27)26-8-6-5-7-9-26/h14-17,21-23,26-28H,5-13,18-20H2,1-4H3. The zero-order valence-electron chi connectivity index (χ0n) is 23.6. The van der Waals surface area contributed by atoms with Crippen LogP contribution in [0.25, 0.3) is 0 Å². The van der Waals surface area contributed by atoms with Crippen molar-refractivity contribution >= 4 is 24.3 Å². The summed E-state index contributed by atoms with van der Waals surface area (Å²) in [5.41, 5.74) is 0.306. The number of hydrogen-bond donors (Lipinski definition) is 0. The lowest BCUT2D eigenvalue weighted by Gasteiger charge is -2.44. The number of halogens is 1. The molecule has 1 aromatic carbocycles. The Kier molecular flexibility index (Phi) is 10.4. The fourth-order valence-corrected chi connectivity index (χ4v) is 7.61. The maximum absolute atomic E-state index is 13.6. The lowest BCUT2D eigenvalue weighted by molar-refractivity contribution is -0.0652. The van der Waals surface area contributed by atoms with Crippen LogP contribution in [0.4, 0.5) is 9.18 Å². The van der Waals surface area contributed by atoms with Crippen molar-refractivity contribution < 1.29 is 18.7 Å². The summed E-state index contributed by atoms with van der Waals surface area (Å²) in [6.07, 6.45) is 15.8. The molecule has 0 amide bonds. The van der Waals surface area contributed by atoms with Crippen LogP contribution in [0.5, 0.6) is 0 Å². The molecule has 0 aromatic heterocycles. The molecule has 3 atom stereocenters. The first-order valence-corrected chi connectivity index (χ1v) is 15.8. The van der Waals surface area contributed by atoms with Gasteiger partial charge in [-0.25, -0.2) is 14.2 Å². The number of carbonyl (C=O) groups is 1. The molecule has 38 heavy (non-hydrogen) atoms. The molecule has 2 fully saturated rings. The first-order valence-electron chi connectivity index (χ1n) is 14.4. The average Bonchev–Trinajstić information content (AvgIpc) is 3.27. The number of benzene rings is 1. The Labute approximate surface area is 232 Å². The van der Waals surface area contributed by atoms with E-state index in [-0.39, 0.29) is 17.9 Å². The maximum atomic E-state index is 13.6. The Bertz CT molecular complexity index is 916. The lowest BCUT2D eigenvalue weighted by atomic mass is 9.73. The van der Waals surface area contributed by atoms with Crippen LogP contribution in [-0.4, -0.2) is 73.3 Å². The van der Waals surface area contributed by atoms with Crippen molar-refractivity contribution in [3.63, 3.8) is 0 Å². The van der Waals surface area contributed by atoms with Crippen molar-refractivity contribution in [2.24, 2.45) is 16.8 Å². The molecular formula is C30H46FN3O3S. The molecule has 1 heterocycles. The topological polar surface area (TPSA) is 54.4 Å². The number of hydrogen-bond acceptors (Lipinski definition) is 7. The second-order valence-corrected chi connectivity index (χ2v) is 12.6. The SMILES string of the molecule is COC(=O)OC1(CCSC)N=CN(C2CCCCC2)C1CC1CCC(C(c2ccc(F)cc2)N(C)C)CC1. The van der Waals surface area contributed by atoms with Crippen molar-refractivity contribution in [2.75, 3.05) is 33.2 Å². The van der Waals surface area contributed by atoms with E-state index in [1.807, 2.05) is 18.5 Å². The van der Waals surface area contributed by atoms with Gasteiger partial charge in [0.2, 0.25) is 5.72 Å². The Hall–Kier alpha value is -1.80. The van der Waals surface area contributed by atoms with Crippen LogP contribution in [0.15, 0.2) is 29.3 Å². The van der Waals surface area contributed by atoms with Crippen molar-refractivity contribution in [3.05, 3.63) is 35.6 Å². The molecule has 8 heteroatoms. The van der Waals surface area contributed by atoms with Gasteiger partial charge in [-0.1, -0.05) is 44.2 Å². The molecule has 6 nitrogen and oxygen atoms in total. The Balaban J connectivity index is 1.49. The van der Waals surface area contributed by atoms with Crippen molar-refractivity contribution in [1.29, 1.82) is 0 Å². The van der Waals surface area contributed by atoms with Gasteiger partial charge in [0.15, 0.2) is 0 Å². The molecule has 0 bridgehead atoms. The van der Waals surface area contributed by atoms with Gasteiger partial charge >= 0.3 is 6.16 Å². The van der Waals surface area contributed by atoms with Crippen LogP contribution in [0, 0.1) is 17.7 Å². The van der Waals surface area contributed by atoms with E-state index < -0.39 is 11.9 Å². The monoisotopic (exact) mass is 547 g/mol. The summed E-state index contributed by atoms with van der Waals surface area (Å²) in [7, 11) is 5.63. The third-order valence-corrected chi connectivity index (χ3v) is 9.65. The van der Waals surface area contributed by atoms with Gasteiger partial charge in [-0.2, -0.15) is 11.8 Å². The van der Waals surface area contributed by atoms with Gasteiger partial charge in [-0.15, -0.1) is 0 Å².